The Labute approximate surface area is 149 Å². The van der Waals surface area contributed by atoms with Crippen LogP contribution in [0.5, 0.6) is 5.75 Å². The molecule has 0 spiro atoms. The van der Waals surface area contributed by atoms with Crippen molar-refractivity contribution in [1.82, 2.24) is 0 Å². The molecule has 5 nitrogen and oxygen atoms in total. The third-order valence-electron chi connectivity index (χ3n) is 3.98. The Balaban J connectivity index is 2.18. The highest BCUT2D eigenvalue weighted by Gasteiger charge is 2.24. The summed E-state index contributed by atoms with van der Waals surface area (Å²) >= 11 is 0. The van der Waals surface area contributed by atoms with E-state index < -0.39 is 17.5 Å². The summed E-state index contributed by atoms with van der Waals surface area (Å²) in [6.07, 6.45) is 1.40. The van der Waals surface area contributed by atoms with Crippen LogP contribution in [0.15, 0.2) is 41.4 Å². The van der Waals surface area contributed by atoms with E-state index in [9.17, 15) is 13.6 Å². The summed E-state index contributed by atoms with van der Waals surface area (Å²) in [4.78, 5) is 15.6. The van der Waals surface area contributed by atoms with Crippen molar-refractivity contribution in [2.75, 3.05) is 0 Å². The SMILES string of the molecule is Cc1cc(F)cc(F)c1C1=CC(C)Oc2ccc(C(=O)N=C(N)N)cc21. The average molecular weight is 357 g/mol. The van der Waals surface area contributed by atoms with Gasteiger partial charge < -0.3 is 16.2 Å². The molecular formula is C19H17F2N3O2. The van der Waals surface area contributed by atoms with Crippen molar-refractivity contribution in [3.63, 3.8) is 0 Å². The van der Waals surface area contributed by atoms with Gasteiger partial charge >= 0.3 is 0 Å². The van der Waals surface area contributed by atoms with E-state index >= 15 is 0 Å². The third kappa shape index (κ3) is 3.28. The van der Waals surface area contributed by atoms with Gasteiger partial charge in [0.25, 0.3) is 5.91 Å². The molecule has 134 valence electrons. The number of amides is 1. The summed E-state index contributed by atoms with van der Waals surface area (Å²) in [6.45, 7) is 3.43. The van der Waals surface area contributed by atoms with E-state index in [4.69, 9.17) is 16.2 Å². The molecule has 0 radical (unpaired) electrons. The molecule has 0 bridgehead atoms. The number of guanidine groups is 1. The first-order chi connectivity index (χ1) is 12.3. The van der Waals surface area contributed by atoms with Gasteiger partial charge in [-0.3, -0.25) is 4.79 Å². The molecule has 0 saturated heterocycles. The van der Waals surface area contributed by atoms with Crippen LogP contribution >= 0.6 is 0 Å². The van der Waals surface area contributed by atoms with Crippen LogP contribution in [0.4, 0.5) is 8.78 Å². The van der Waals surface area contributed by atoms with Crippen molar-refractivity contribution in [1.29, 1.82) is 0 Å². The van der Waals surface area contributed by atoms with Crippen molar-refractivity contribution in [2.24, 2.45) is 16.5 Å². The minimum absolute atomic E-state index is 0.223. The van der Waals surface area contributed by atoms with Gasteiger partial charge in [0.05, 0.1) is 0 Å². The Morgan fingerprint density at radius 2 is 1.92 bits per heavy atom. The molecule has 0 fully saturated rings. The molecule has 1 aliphatic heterocycles. The number of nitrogens with zero attached hydrogens (tertiary/aromatic N) is 1. The number of halogens is 2. The van der Waals surface area contributed by atoms with Crippen molar-refractivity contribution >= 4 is 17.4 Å². The molecule has 3 rings (SSSR count). The normalized spacial score (nSPS) is 15.5. The second kappa shape index (κ2) is 6.59. The first-order valence-corrected chi connectivity index (χ1v) is 7.89. The second-order valence-electron chi connectivity index (χ2n) is 6.04. The maximum absolute atomic E-state index is 14.5. The zero-order valence-electron chi connectivity index (χ0n) is 14.2. The van der Waals surface area contributed by atoms with Crippen LogP contribution in [0.3, 0.4) is 0 Å². The van der Waals surface area contributed by atoms with Crippen LogP contribution in [0.1, 0.15) is 34.0 Å². The molecule has 1 amide bonds. The molecule has 1 atom stereocenters. The average Bonchev–Trinajstić information content (AvgIpc) is 2.52. The number of fused-ring (bicyclic) bond motifs is 1. The van der Waals surface area contributed by atoms with Crippen molar-refractivity contribution in [3.05, 3.63) is 70.3 Å². The maximum Gasteiger partial charge on any atom is 0.280 e. The number of rotatable bonds is 2. The van der Waals surface area contributed by atoms with Gasteiger partial charge in [-0.25, -0.2) is 8.78 Å². The van der Waals surface area contributed by atoms with E-state index in [1.807, 2.05) is 0 Å². The summed E-state index contributed by atoms with van der Waals surface area (Å²) in [5.74, 6) is -1.83. The number of nitrogens with two attached hydrogens (primary N) is 2. The maximum atomic E-state index is 14.5. The lowest BCUT2D eigenvalue weighted by Crippen LogP contribution is -2.24. The molecular weight excluding hydrogens is 340 g/mol. The first-order valence-electron chi connectivity index (χ1n) is 7.89. The van der Waals surface area contributed by atoms with E-state index in [-0.39, 0.29) is 23.2 Å². The summed E-state index contributed by atoms with van der Waals surface area (Å²) < 4.78 is 33.7. The Kier molecular flexibility index (Phi) is 4.46. The molecule has 1 heterocycles. The summed E-state index contributed by atoms with van der Waals surface area (Å²) in [7, 11) is 0. The minimum atomic E-state index is -0.685. The van der Waals surface area contributed by atoms with Crippen LogP contribution in [0.2, 0.25) is 0 Å². The quantitative estimate of drug-likeness (QED) is 0.639. The highest BCUT2D eigenvalue weighted by atomic mass is 19.1. The highest BCUT2D eigenvalue weighted by Crippen LogP contribution is 2.39. The van der Waals surface area contributed by atoms with Crippen LogP contribution in [0, 0.1) is 18.6 Å². The molecule has 7 heteroatoms. The largest absolute Gasteiger partial charge is 0.486 e. The van der Waals surface area contributed by atoms with Gasteiger partial charge in [0.1, 0.15) is 23.5 Å². The lowest BCUT2D eigenvalue weighted by atomic mass is 9.89. The number of hydrogen-bond donors (Lipinski definition) is 2. The summed E-state index contributed by atoms with van der Waals surface area (Å²) in [5, 5.41) is 0. The van der Waals surface area contributed by atoms with Gasteiger partial charge in [-0.05, 0) is 55.3 Å². The van der Waals surface area contributed by atoms with Crippen LogP contribution in [0.25, 0.3) is 5.57 Å². The lowest BCUT2D eigenvalue weighted by molar-refractivity contribution is 0.100. The zero-order valence-corrected chi connectivity index (χ0v) is 14.2. The van der Waals surface area contributed by atoms with Gasteiger partial charge in [0.2, 0.25) is 0 Å². The standard InChI is InChI=1S/C19H17F2N3O2/c1-9-5-12(20)8-15(21)17(9)14-6-10(2)26-16-4-3-11(7-13(14)16)18(25)24-19(22)23/h3-8,10H,1-2H3,(H4,22,23,24,25). The minimum Gasteiger partial charge on any atom is -0.486 e. The van der Waals surface area contributed by atoms with Gasteiger partial charge in [-0.1, -0.05) is 0 Å². The topological polar surface area (TPSA) is 90.7 Å². The molecule has 26 heavy (non-hydrogen) atoms. The molecule has 2 aromatic carbocycles. The number of ether oxygens (including phenoxy) is 1. The Hall–Kier alpha value is -3.22. The number of benzene rings is 2. The van der Waals surface area contributed by atoms with E-state index in [1.165, 1.54) is 18.2 Å². The van der Waals surface area contributed by atoms with Gasteiger partial charge in [-0.2, -0.15) is 4.99 Å². The summed E-state index contributed by atoms with van der Waals surface area (Å²) in [5.41, 5.74) is 12.4. The Morgan fingerprint density at radius 3 is 2.58 bits per heavy atom. The van der Waals surface area contributed by atoms with Crippen molar-refractivity contribution in [2.45, 2.75) is 20.0 Å². The molecule has 4 N–H and O–H groups in total. The number of carbonyl (C=O) groups excluding carboxylic acids is 1. The van der Waals surface area contributed by atoms with Crippen molar-refractivity contribution < 1.29 is 18.3 Å². The first kappa shape index (κ1) is 17.6. The second-order valence-corrected chi connectivity index (χ2v) is 6.04. The number of hydrogen-bond acceptors (Lipinski definition) is 2. The molecule has 0 saturated carbocycles. The number of aryl methyl sites for hydroxylation is 1. The van der Waals surface area contributed by atoms with Crippen LogP contribution < -0.4 is 16.2 Å². The van der Waals surface area contributed by atoms with Gasteiger partial charge in [-0.15, -0.1) is 0 Å². The predicted octanol–water partition coefficient (Wildman–Crippen LogP) is 2.90. The fraction of sp³-hybridized carbons (Fsp3) is 0.158. The fourth-order valence-corrected chi connectivity index (χ4v) is 2.98. The smallest absolute Gasteiger partial charge is 0.280 e. The Morgan fingerprint density at radius 1 is 1.19 bits per heavy atom. The number of carbonyl (C=O) groups is 1. The monoisotopic (exact) mass is 357 g/mol. The van der Waals surface area contributed by atoms with Crippen molar-refractivity contribution in [3.8, 4) is 5.75 Å². The van der Waals surface area contributed by atoms with E-state index in [0.29, 0.717) is 22.4 Å². The van der Waals surface area contributed by atoms with Gasteiger partial charge in [0.15, 0.2) is 5.96 Å². The molecule has 1 aliphatic rings. The van der Waals surface area contributed by atoms with E-state index in [2.05, 4.69) is 4.99 Å². The lowest BCUT2D eigenvalue weighted by Gasteiger charge is -2.25. The van der Waals surface area contributed by atoms with Crippen LogP contribution in [-0.4, -0.2) is 18.0 Å². The fourth-order valence-electron chi connectivity index (χ4n) is 2.98. The molecule has 0 aromatic heterocycles. The predicted molar refractivity (Wildman–Crippen MR) is 94.8 cm³/mol. The highest BCUT2D eigenvalue weighted by molar-refractivity contribution is 6.03. The molecule has 2 aromatic rings. The zero-order chi connectivity index (χ0) is 19.0. The summed E-state index contributed by atoms with van der Waals surface area (Å²) in [6, 6.07) is 6.75. The van der Waals surface area contributed by atoms with Crippen LogP contribution in [-0.2, 0) is 0 Å². The van der Waals surface area contributed by atoms with E-state index in [1.54, 1.807) is 26.0 Å². The van der Waals surface area contributed by atoms with Gasteiger partial charge in [0, 0.05) is 22.8 Å². The number of aliphatic imine (C=N–C) groups is 1. The third-order valence-corrected chi connectivity index (χ3v) is 3.98. The van der Waals surface area contributed by atoms with E-state index in [0.717, 1.165) is 6.07 Å². The molecule has 0 aliphatic carbocycles. The Bertz CT molecular complexity index is 940. The molecule has 1 unspecified atom stereocenters.